The zero-order chi connectivity index (χ0) is 30.3. The van der Waals surface area contributed by atoms with Gasteiger partial charge in [-0.2, -0.15) is 0 Å². The number of carboxylic acid groups (broad SMARTS) is 1. The molecule has 0 spiro atoms. The molecule has 9 nitrogen and oxygen atoms in total. The molecule has 0 aliphatic heterocycles. The number of ether oxygens (including phenoxy) is 1. The molecule has 3 aliphatic rings. The number of allylic oxidation sites excluding steroid dienone is 4. The van der Waals surface area contributed by atoms with Gasteiger partial charge in [0.25, 0.3) is 0 Å². The van der Waals surface area contributed by atoms with Gasteiger partial charge in [-0.15, -0.1) is 13.2 Å². The molecular formula is C29H33F4N5O4. The van der Waals surface area contributed by atoms with Crippen LogP contribution in [0.3, 0.4) is 0 Å². The molecule has 3 atom stereocenters. The van der Waals surface area contributed by atoms with E-state index in [1.165, 1.54) is 6.08 Å². The lowest BCUT2D eigenvalue weighted by Crippen LogP contribution is -2.31. The maximum atomic E-state index is 14.8. The number of carboxylic acids is 1. The van der Waals surface area contributed by atoms with Gasteiger partial charge in [-0.05, 0) is 67.7 Å². The Hall–Kier alpha value is -3.58. The number of aromatic carboxylic acids is 1. The number of imidazole rings is 1. The van der Waals surface area contributed by atoms with Gasteiger partial charge in [0.1, 0.15) is 23.3 Å². The third kappa shape index (κ3) is 6.26. The van der Waals surface area contributed by atoms with E-state index in [4.69, 9.17) is 0 Å². The fraction of sp³-hybridized carbons (Fsp3) is 0.517. The zero-order valence-electron chi connectivity index (χ0n) is 23.5. The molecule has 5 rings (SSSR count). The lowest BCUT2D eigenvalue weighted by molar-refractivity contribution is -0.339. The summed E-state index contributed by atoms with van der Waals surface area (Å²) in [4.78, 5) is 25.1. The molecule has 3 aliphatic carbocycles. The predicted molar refractivity (Wildman–Crippen MR) is 147 cm³/mol. The second-order valence-corrected chi connectivity index (χ2v) is 11.3. The van der Waals surface area contributed by atoms with Gasteiger partial charge >= 0.3 is 12.3 Å². The minimum atomic E-state index is -4.99. The summed E-state index contributed by atoms with van der Waals surface area (Å²) in [7, 11) is 0. The van der Waals surface area contributed by atoms with E-state index in [0.29, 0.717) is 29.0 Å². The van der Waals surface area contributed by atoms with Crippen LogP contribution in [-0.4, -0.2) is 60.3 Å². The number of aliphatic hydroxyl groups excluding tert-OH is 1. The predicted octanol–water partition coefficient (Wildman–Crippen LogP) is 5.94. The smallest absolute Gasteiger partial charge is 0.475 e. The van der Waals surface area contributed by atoms with Gasteiger partial charge in [0.2, 0.25) is 5.82 Å². The molecule has 1 saturated carbocycles. The van der Waals surface area contributed by atoms with E-state index in [-0.39, 0.29) is 42.2 Å². The Kier molecular flexibility index (Phi) is 8.26. The van der Waals surface area contributed by atoms with Crippen molar-refractivity contribution < 1.29 is 37.3 Å². The molecule has 3 N–H and O–H groups in total. The number of alkyl halides is 3. The summed E-state index contributed by atoms with van der Waals surface area (Å²) in [5.74, 6) is -1.86. The van der Waals surface area contributed by atoms with Crippen LogP contribution in [0.15, 0.2) is 41.3 Å². The highest BCUT2D eigenvalue weighted by molar-refractivity contribution is 5.92. The highest BCUT2D eigenvalue weighted by atomic mass is 19.4. The average molecular weight is 592 g/mol. The first-order valence-electron chi connectivity index (χ1n) is 14.0. The van der Waals surface area contributed by atoms with Gasteiger partial charge in [-0.3, -0.25) is 4.74 Å². The SMILES string of the molecule is CC(C)C1=CCC(O)C(c2nc3nc(C(=O)O)nc(NC(C)C4CCC4)c3n2CC2=CCC(OC(F)(F)F)C(F)=C2)=C1. The van der Waals surface area contributed by atoms with Crippen LogP contribution >= 0.6 is 0 Å². The van der Waals surface area contributed by atoms with Gasteiger partial charge in [0, 0.05) is 18.2 Å². The van der Waals surface area contributed by atoms with E-state index in [1.807, 2.05) is 32.9 Å². The minimum Gasteiger partial charge on any atom is -0.475 e. The van der Waals surface area contributed by atoms with Crippen LogP contribution in [0.2, 0.25) is 0 Å². The van der Waals surface area contributed by atoms with Gasteiger partial charge in [-0.25, -0.2) is 24.1 Å². The molecule has 226 valence electrons. The van der Waals surface area contributed by atoms with Crippen LogP contribution < -0.4 is 5.32 Å². The lowest BCUT2D eigenvalue weighted by atomic mass is 9.80. The van der Waals surface area contributed by atoms with Crippen molar-refractivity contribution in [2.75, 3.05) is 5.32 Å². The number of hydrogen-bond donors (Lipinski definition) is 3. The zero-order valence-corrected chi connectivity index (χ0v) is 23.5. The van der Waals surface area contributed by atoms with Crippen molar-refractivity contribution >= 4 is 28.5 Å². The highest BCUT2D eigenvalue weighted by Crippen LogP contribution is 2.37. The molecule has 13 heteroatoms. The average Bonchev–Trinajstić information content (AvgIpc) is 3.22. The molecule has 2 aromatic rings. The van der Waals surface area contributed by atoms with E-state index in [0.717, 1.165) is 30.9 Å². The van der Waals surface area contributed by atoms with Crippen LogP contribution in [0.4, 0.5) is 23.4 Å². The Morgan fingerprint density at radius 1 is 1.14 bits per heavy atom. The van der Waals surface area contributed by atoms with Crippen LogP contribution in [0.25, 0.3) is 16.7 Å². The Labute approximate surface area is 239 Å². The number of fused-ring (bicyclic) bond motifs is 1. The first-order chi connectivity index (χ1) is 19.8. The number of nitrogens with zero attached hydrogens (tertiary/aromatic N) is 4. The van der Waals surface area contributed by atoms with Crippen molar-refractivity contribution in [3.05, 3.63) is 52.9 Å². The third-order valence-electron chi connectivity index (χ3n) is 8.04. The summed E-state index contributed by atoms with van der Waals surface area (Å²) in [5.41, 5.74) is 2.19. The molecule has 2 aromatic heterocycles. The molecule has 0 saturated heterocycles. The number of rotatable bonds is 9. The van der Waals surface area contributed by atoms with Crippen molar-refractivity contribution in [1.82, 2.24) is 19.5 Å². The quantitative estimate of drug-likeness (QED) is 0.306. The molecular weight excluding hydrogens is 558 g/mol. The minimum absolute atomic E-state index is 0.0493. The number of hydrogen-bond acceptors (Lipinski definition) is 7. The third-order valence-corrected chi connectivity index (χ3v) is 8.04. The molecule has 3 unspecified atom stereocenters. The molecule has 42 heavy (non-hydrogen) atoms. The van der Waals surface area contributed by atoms with Crippen LogP contribution in [-0.2, 0) is 11.3 Å². The van der Waals surface area contributed by atoms with Crippen LogP contribution in [0.1, 0.15) is 69.3 Å². The monoisotopic (exact) mass is 591 g/mol. The van der Waals surface area contributed by atoms with E-state index < -0.39 is 36.2 Å². The number of halogens is 4. The summed E-state index contributed by atoms with van der Waals surface area (Å²) in [5, 5.41) is 24.1. The second kappa shape index (κ2) is 11.6. The molecule has 2 heterocycles. The van der Waals surface area contributed by atoms with Gasteiger partial charge in [0.15, 0.2) is 11.5 Å². The molecule has 0 bridgehead atoms. The summed E-state index contributed by atoms with van der Waals surface area (Å²) < 4.78 is 58.6. The fourth-order valence-electron chi connectivity index (χ4n) is 5.46. The Balaban J connectivity index is 1.64. The molecule has 0 radical (unpaired) electrons. The first-order valence-corrected chi connectivity index (χ1v) is 14.0. The summed E-state index contributed by atoms with van der Waals surface area (Å²) in [6.07, 6.45) is 1.62. The normalized spacial score (nSPS) is 22.3. The molecule has 0 amide bonds. The Morgan fingerprint density at radius 2 is 1.88 bits per heavy atom. The van der Waals surface area contributed by atoms with Crippen LogP contribution in [0.5, 0.6) is 0 Å². The Morgan fingerprint density at radius 3 is 2.48 bits per heavy atom. The Bertz CT molecular complexity index is 1500. The summed E-state index contributed by atoms with van der Waals surface area (Å²) in [6.45, 7) is 5.95. The van der Waals surface area contributed by atoms with E-state index in [1.54, 1.807) is 4.57 Å². The molecule has 1 fully saturated rings. The maximum absolute atomic E-state index is 14.8. The van der Waals surface area contributed by atoms with E-state index in [9.17, 15) is 32.6 Å². The number of carbonyl (C=O) groups is 1. The van der Waals surface area contributed by atoms with E-state index >= 15 is 0 Å². The number of anilines is 1. The summed E-state index contributed by atoms with van der Waals surface area (Å²) >= 11 is 0. The van der Waals surface area contributed by atoms with Crippen molar-refractivity contribution in [1.29, 1.82) is 0 Å². The second-order valence-electron chi connectivity index (χ2n) is 11.3. The topological polar surface area (TPSA) is 122 Å². The fourth-order valence-corrected chi connectivity index (χ4v) is 5.46. The largest absolute Gasteiger partial charge is 0.523 e. The van der Waals surface area contributed by atoms with Crippen molar-refractivity contribution in [3.63, 3.8) is 0 Å². The lowest BCUT2D eigenvalue weighted by Gasteiger charge is -2.32. The van der Waals surface area contributed by atoms with Crippen molar-refractivity contribution in [2.45, 2.75) is 84.0 Å². The standard InChI is InChI=1S/C29H33F4N5O4/c1-14(2)18-8-9-21(39)19(12-18)27-37-25-23(24(35-26(36-25)28(40)41)34-15(3)17-5-4-6-17)38(27)13-16-7-10-22(20(30)11-16)42-29(31,32)33/h7-8,11-12,14-15,17,21-22,39H,4-6,9-10,13H2,1-3H3,(H,40,41)(H,34,35,36). The maximum Gasteiger partial charge on any atom is 0.523 e. The number of nitrogens with one attached hydrogen (secondary N) is 1. The van der Waals surface area contributed by atoms with Gasteiger partial charge in [-0.1, -0.05) is 32.4 Å². The van der Waals surface area contributed by atoms with Gasteiger partial charge < -0.3 is 20.1 Å². The van der Waals surface area contributed by atoms with Crippen LogP contribution in [0, 0.1) is 11.8 Å². The van der Waals surface area contributed by atoms with E-state index in [2.05, 4.69) is 25.0 Å². The highest BCUT2D eigenvalue weighted by Gasteiger charge is 2.36. The molecule has 0 aromatic carbocycles. The van der Waals surface area contributed by atoms with Gasteiger partial charge in [0.05, 0.1) is 6.10 Å². The van der Waals surface area contributed by atoms with Crippen molar-refractivity contribution in [2.24, 2.45) is 11.8 Å². The summed E-state index contributed by atoms with van der Waals surface area (Å²) in [6, 6.07) is -0.0493. The number of aromatic nitrogens is 4. The van der Waals surface area contributed by atoms with Crippen molar-refractivity contribution in [3.8, 4) is 0 Å². The number of aliphatic hydroxyl groups is 1. The first kappa shape index (κ1) is 29.9.